The standard InChI is InChI=1S/C12H11BrClN3/c1-6-4-9(5-7(2)10(6)13)11-15-8(3)16-12(14)17-11/h4-5H,1-3H3. The summed E-state index contributed by atoms with van der Waals surface area (Å²) in [5, 5.41) is 0.228. The molecule has 0 fully saturated rings. The molecule has 0 saturated heterocycles. The first kappa shape index (κ1) is 12.5. The van der Waals surface area contributed by atoms with Crippen molar-refractivity contribution in [2.75, 3.05) is 0 Å². The van der Waals surface area contributed by atoms with Crippen LogP contribution >= 0.6 is 27.5 Å². The third-order valence-corrected chi connectivity index (χ3v) is 3.83. The van der Waals surface area contributed by atoms with Gasteiger partial charge in [0.1, 0.15) is 5.82 Å². The minimum Gasteiger partial charge on any atom is -0.213 e. The van der Waals surface area contributed by atoms with Gasteiger partial charge in [-0.05, 0) is 55.6 Å². The molecule has 0 spiro atoms. The largest absolute Gasteiger partial charge is 0.226 e. The Morgan fingerprint density at radius 3 is 2.12 bits per heavy atom. The molecule has 0 atom stereocenters. The van der Waals surface area contributed by atoms with Gasteiger partial charge in [0.2, 0.25) is 5.28 Å². The Balaban J connectivity index is 2.60. The van der Waals surface area contributed by atoms with Gasteiger partial charge in [0.15, 0.2) is 5.82 Å². The van der Waals surface area contributed by atoms with E-state index in [1.54, 1.807) is 6.92 Å². The van der Waals surface area contributed by atoms with Crippen molar-refractivity contribution >= 4 is 27.5 Å². The molecule has 1 aromatic heterocycles. The molecule has 17 heavy (non-hydrogen) atoms. The van der Waals surface area contributed by atoms with Gasteiger partial charge in [-0.15, -0.1) is 0 Å². The maximum Gasteiger partial charge on any atom is 0.226 e. The summed E-state index contributed by atoms with van der Waals surface area (Å²) < 4.78 is 1.11. The summed E-state index contributed by atoms with van der Waals surface area (Å²) >= 11 is 9.37. The third kappa shape index (κ3) is 2.64. The van der Waals surface area contributed by atoms with Crippen LogP contribution in [-0.4, -0.2) is 15.0 Å². The van der Waals surface area contributed by atoms with Crippen LogP contribution in [0.15, 0.2) is 16.6 Å². The Kier molecular flexibility index (Phi) is 3.45. The second-order valence-electron chi connectivity index (χ2n) is 3.90. The Bertz CT molecular complexity index is 541. The molecule has 2 rings (SSSR count). The van der Waals surface area contributed by atoms with Crippen molar-refractivity contribution in [2.45, 2.75) is 20.8 Å². The fourth-order valence-electron chi connectivity index (χ4n) is 1.65. The second kappa shape index (κ2) is 4.70. The second-order valence-corrected chi connectivity index (χ2v) is 5.03. The van der Waals surface area contributed by atoms with E-state index in [2.05, 4.69) is 30.9 Å². The van der Waals surface area contributed by atoms with Crippen molar-refractivity contribution in [2.24, 2.45) is 0 Å². The van der Waals surface area contributed by atoms with Gasteiger partial charge in [0, 0.05) is 10.0 Å². The molecule has 0 bridgehead atoms. The number of aromatic nitrogens is 3. The lowest BCUT2D eigenvalue weighted by Gasteiger charge is -2.07. The lowest BCUT2D eigenvalue weighted by atomic mass is 10.1. The van der Waals surface area contributed by atoms with Crippen LogP contribution in [0.5, 0.6) is 0 Å². The zero-order chi connectivity index (χ0) is 12.6. The Labute approximate surface area is 113 Å². The van der Waals surface area contributed by atoms with Crippen molar-refractivity contribution in [3.63, 3.8) is 0 Å². The molecule has 0 unspecified atom stereocenters. The topological polar surface area (TPSA) is 38.7 Å². The Morgan fingerprint density at radius 1 is 1.00 bits per heavy atom. The van der Waals surface area contributed by atoms with E-state index >= 15 is 0 Å². The molecule has 0 amide bonds. The van der Waals surface area contributed by atoms with E-state index in [-0.39, 0.29) is 5.28 Å². The van der Waals surface area contributed by atoms with E-state index in [9.17, 15) is 0 Å². The first-order chi connectivity index (χ1) is 7.97. The van der Waals surface area contributed by atoms with E-state index in [0.29, 0.717) is 11.6 Å². The van der Waals surface area contributed by atoms with Crippen molar-refractivity contribution < 1.29 is 0 Å². The molecule has 88 valence electrons. The minimum absolute atomic E-state index is 0.228. The molecule has 0 aliphatic heterocycles. The number of hydrogen-bond donors (Lipinski definition) is 0. The van der Waals surface area contributed by atoms with Gasteiger partial charge in [0.05, 0.1) is 0 Å². The van der Waals surface area contributed by atoms with Crippen LogP contribution in [0.2, 0.25) is 5.28 Å². The first-order valence-electron chi connectivity index (χ1n) is 5.12. The van der Waals surface area contributed by atoms with Gasteiger partial charge in [-0.1, -0.05) is 15.9 Å². The highest BCUT2D eigenvalue weighted by Crippen LogP contribution is 2.27. The van der Waals surface area contributed by atoms with Crippen LogP contribution in [0, 0.1) is 20.8 Å². The fourth-order valence-corrected chi connectivity index (χ4v) is 2.08. The van der Waals surface area contributed by atoms with Gasteiger partial charge in [0.25, 0.3) is 0 Å². The van der Waals surface area contributed by atoms with Gasteiger partial charge in [-0.3, -0.25) is 0 Å². The molecule has 5 heteroatoms. The maximum atomic E-state index is 5.84. The van der Waals surface area contributed by atoms with Gasteiger partial charge in [-0.25, -0.2) is 9.97 Å². The minimum atomic E-state index is 0.228. The summed E-state index contributed by atoms with van der Waals surface area (Å²) in [7, 11) is 0. The summed E-state index contributed by atoms with van der Waals surface area (Å²) in [6.07, 6.45) is 0. The highest BCUT2D eigenvalue weighted by atomic mass is 79.9. The SMILES string of the molecule is Cc1nc(Cl)nc(-c2cc(C)c(Br)c(C)c2)n1. The quantitative estimate of drug-likeness (QED) is 0.802. The molecule has 3 nitrogen and oxygen atoms in total. The van der Waals surface area contributed by atoms with Crippen LogP contribution in [0.4, 0.5) is 0 Å². The summed E-state index contributed by atoms with van der Waals surface area (Å²) in [5.74, 6) is 1.24. The van der Waals surface area contributed by atoms with Crippen molar-refractivity contribution in [1.82, 2.24) is 15.0 Å². The number of halogens is 2. The van der Waals surface area contributed by atoms with Crippen LogP contribution in [0.3, 0.4) is 0 Å². The van der Waals surface area contributed by atoms with E-state index in [1.807, 2.05) is 26.0 Å². The predicted molar refractivity (Wildman–Crippen MR) is 72.2 cm³/mol. The van der Waals surface area contributed by atoms with E-state index in [4.69, 9.17) is 11.6 Å². The summed E-state index contributed by atoms with van der Waals surface area (Å²) in [6.45, 7) is 5.88. The average molecular weight is 313 g/mol. The number of hydrogen-bond acceptors (Lipinski definition) is 3. The number of rotatable bonds is 1. The molecule has 0 aliphatic rings. The van der Waals surface area contributed by atoms with Crippen LogP contribution in [-0.2, 0) is 0 Å². The molecular formula is C12H11BrClN3. The molecule has 0 aliphatic carbocycles. The zero-order valence-corrected chi connectivity index (χ0v) is 12.1. The zero-order valence-electron chi connectivity index (χ0n) is 9.75. The molecule has 2 aromatic rings. The lowest BCUT2D eigenvalue weighted by molar-refractivity contribution is 0.983. The molecular weight excluding hydrogens is 302 g/mol. The summed E-state index contributed by atoms with van der Waals surface area (Å²) in [4.78, 5) is 12.4. The summed E-state index contributed by atoms with van der Waals surface area (Å²) in [6, 6.07) is 4.06. The van der Waals surface area contributed by atoms with Crippen LogP contribution < -0.4 is 0 Å². The van der Waals surface area contributed by atoms with Crippen molar-refractivity contribution in [3.05, 3.63) is 38.8 Å². The van der Waals surface area contributed by atoms with Gasteiger partial charge < -0.3 is 0 Å². The van der Waals surface area contributed by atoms with Crippen LogP contribution in [0.25, 0.3) is 11.4 Å². The predicted octanol–water partition coefficient (Wildman–Crippen LogP) is 3.88. The number of aryl methyl sites for hydroxylation is 3. The van der Waals surface area contributed by atoms with E-state index in [1.165, 1.54) is 0 Å². The van der Waals surface area contributed by atoms with E-state index in [0.717, 1.165) is 21.2 Å². The third-order valence-electron chi connectivity index (χ3n) is 2.41. The monoisotopic (exact) mass is 311 g/mol. The van der Waals surface area contributed by atoms with Crippen molar-refractivity contribution in [3.8, 4) is 11.4 Å². The molecule has 1 aromatic carbocycles. The molecule has 0 saturated carbocycles. The Hall–Kier alpha value is -1.00. The van der Waals surface area contributed by atoms with Crippen LogP contribution in [0.1, 0.15) is 17.0 Å². The highest BCUT2D eigenvalue weighted by molar-refractivity contribution is 9.10. The lowest BCUT2D eigenvalue weighted by Crippen LogP contribution is -1.97. The average Bonchev–Trinajstić information content (AvgIpc) is 2.23. The normalized spacial score (nSPS) is 10.6. The maximum absolute atomic E-state index is 5.84. The Morgan fingerprint density at radius 2 is 1.59 bits per heavy atom. The summed E-state index contributed by atoms with van der Waals surface area (Å²) in [5.41, 5.74) is 3.25. The highest BCUT2D eigenvalue weighted by Gasteiger charge is 2.08. The number of nitrogens with zero attached hydrogens (tertiary/aromatic N) is 3. The fraction of sp³-hybridized carbons (Fsp3) is 0.250. The van der Waals surface area contributed by atoms with Gasteiger partial charge in [-0.2, -0.15) is 4.98 Å². The van der Waals surface area contributed by atoms with Gasteiger partial charge >= 0.3 is 0 Å². The molecule has 1 heterocycles. The first-order valence-corrected chi connectivity index (χ1v) is 6.30. The smallest absolute Gasteiger partial charge is 0.213 e. The molecule has 0 N–H and O–H groups in total. The number of benzene rings is 1. The molecule has 0 radical (unpaired) electrons. The van der Waals surface area contributed by atoms with E-state index < -0.39 is 0 Å². The van der Waals surface area contributed by atoms with Crippen molar-refractivity contribution in [1.29, 1.82) is 0 Å².